The number of rotatable bonds is 5. The normalized spacial score (nSPS) is 13.2. The summed E-state index contributed by atoms with van der Waals surface area (Å²) in [6, 6.07) is 0.512. The molecule has 1 unspecified atom stereocenters. The molecule has 0 aliphatic carbocycles. The van der Waals surface area contributed by atoms with Gasteiger partial charge < -0.3 is 5.32 Å². The van der Waals surface area contributed by atoms with E-state index in [2.05, 4.69) is 28.5 Å². The highest BCUT2D eigenvalue weighted by Crippen LogP contribution is 2.03. The summed E-state index contributed by atoms with van der Waals surface area (Å²) in [7, 11) is 0. The van der Waals surface area contributed by atoms with Crippen LogP contribution in [0.5, 0.6) is 0 Å². The Bertz CT molecular complexity index is 198. The second kappa shape index (κ2) is 5.22. The van der Waals surface area contributed by atoms with Crippen molar-refractivity contribution in [1.29, 1.82) is 0 Å². The van der Waals surface area contributed by atoms with Crippen LogP contribution in [0.15, 0.2) is 6.33 Å². The lowest BCUT2D eigenvalue weighted by molar-refractivity contribution is 0.542. The topological polar surface area (TPSA) is 37.8 Å². The van der Waals surface area contributed by atoms with Gasteiger partial charge in [0.25, 0.3) is 0 Å². The summed E-state index contributed by atoms with van der Waals surface area (Å²) in [5, 5.41) is 4.53. The van der Waals surface area contributed by atoms with Crippen LogP contribution >= 0.6 is 11.5 Å². The number of hydrogen-bond acceptors (Lipinski definition) is 4. The van der Waals surface area contributed by atoms with E-state index in [0.717, 1.165) is 18.0 Å². The van der Waals surface area contributed by atoms with Crippen molar-refractivity contribution in [2.75, 3.05) is 6.54 Å². The van der Waals surface area contributed by atoms with Crippen LogP contribution in [0.4, 0.5) is 0 Å². The minimum atomic E-state index is 0.512. The molecule has 0 aliphatic rings. The number of nitrogens with one attached hydrogen (secondary N) is 1. The van der Waals surface area contributed by atoms with E-state index in [0.29, 0.717) is 6.04 Å². The molecule has 0 spiro atoms. The summed E-state index contributed by atoms with van der Waals surface area (Å²) in [5.74, 6) is 0. The zero-order chi connectivity index (χ0) is 8.81. The van der Waals surface area contributed by atoms with Crippen LogP contribution in [0.3, 0.4) is 0 Å². The molecule has 0 bridgehead atoms. The highest BCUT2D eigenvalue weighted by Gasteiger charge is 2.03. The molecule has 0 aromatic carbocycles. The predicted molar refractivity (Wildman–Crippen MR) is 51.4 cm³/mol. The quantitative estimate of drug-likeness (QED) is 0.755. The van der Waals surface area contributed by atoms with Crippen LogP contribution in [-0.4, -0.2) is 21.9 Å². The van der Waals surface area contributed by atoms with Crippen molar-refractivity contribution in [3.05, 3.63) is 11.3 Å². The van der Waals surface area contributed by atoms with Gasteiger partial charge in [0.15, 0.2) is 0 Å². The van der Waals surface area contributed by atoms with E-state index < -0.39 is 0 Å². The Balaban J connectivity index is 2.22. The Morgan fingerprint density at radius 1 is 1.67 bits per heavy atom. The molecule has 1 aromatic heterocycles. The van der Waals surface area contributed by atoms with E-state index in [1.165, 1.54) is 18.0 Å². The molecule has 0 amide bonds. The van der Waals surface area contributed by atoms with Crippen molar-refractivity contribution in [3.8, 4) is 0 Å². The standard InChI is InChI=1S/C8H15N3S/c1-3-4-9-7(2)5-8-10-6-11-12-8/h6-7,9H,3-5H2,1-2H3. The zero-order valence-electron chi connectivity index (χ0n) is 7.58. The molecule has 1 heterocycles. The summed E-state index contributed by atoms with van der Waals surface area (Å²) in [4.78, 5) is 4.13. The molecule has 1 rings (SSSR count). The van der Waals surface area contributed by atoms with Crippen molar-refractivity contribution >= 4 is 11.5 Å². The summed E-state index contributed by atoms with van der Waals surface area (Å²) in [6.07, 6.45) is 3.79. The van der Waals surface area contributed by atoms with Gasteiger partial charge in [-0.1, -0.05) is 6.92 Å². The second-order valence-corrected chi connectivity index (χ2v) is 3.76. The Morgan fingerprint density at radius 2 is 2.50 bits per heavy atom. The molecule has 1 atom stereocenters. The van der Waals surface area contributed by atoms with Gasteiger partial charge in [0.1, 0.15) is 11.3 Å². The van der Waals surface area contributed by atoms with E-state index in [9.17, 15) is 0 Å². The molecule has 0 radical (unpaired) electrons. The second-order valence-electron chi connectivity index (χ2n) is 2.89. The Kier molecular flexibility index (Phi) is 4.18. The molecule has 1 aromatic rings. The van der Waals surface area contributed by atoms with Crippen LogP contribution < -0.4 is 5.32 Å². The maximum Gasteiger partial charge on any atom is 0.129 e. The van der Waals surface area contributed by atoms with E-state index in [1.807, 2.05) is 0 Å². The minimum Gasteiger partial charge on any atom is -0.314 e. The average molecular weight is 185 g/mol. The average Bonchev–Trinajstić information content (AvgIpc) is 2.53. The van der Waals surface area contributed by atoms with Gasteiger partial charge in [0, 0.05) is 12.5 Å². The number of hydrogen-bond donors (Lipinski definition) is 1. The molecule has 1 N–H and O–H groups in total. The molecule has 3 nitrogen and oxygen atoms in total. The van der Waals surface area contributed by atoms with E-state index in [-0.39, 0.29) is 0 Å². The molecular weight excluding hydrogens is 170 g/mol. The molecule has 12 heavy (non-hydrogen) atoms. The van der Waals surface area contributed by atoms with Gasteiger partial charge in [0.05, 0.1) is 0 Å². The fourth-order valence-electron chi connectivity index (χ4n) is 1.01. The maximum atomic E-state index is 4.13. The summed E-state index contributed by atoms with van der Waals surface area (Å²) in [5.41, 5.74) is 0. The van der Waals surface area contributed by atoms with Crippen LogP contribution in [-0.2, 0) is 6.42 Å². The van der Waals surface area contributed by atoms with Gasteiger partial charge in [-0.3, -0.25) is 0 Å². The minimum absolute atomic E-state index is 0.512. The van der Waals surface area contributed by atoms with Gasteiger partial charge >= 0.3 is 0 Å². The monoisotopic (exact) mass is 185 g/mol. The smallest absolute Gasteiger partial charge is 0.129 e. The van der Waals surface area contributed by atoms with Crippen LogP contribution in [0.25, 0.3) is 0 Å². The first-order valence-electron chi connectivity index (χ1n) is 4.32. The molecule has 0 fully saturated rings. The summed E-state index contributed by atoms with van der Waals surface area (Å²) < 4.78 is 3.96. The van der Waals surface area contributed by atoms with E-state index in [4.69, 9.17) is 0 Å². The molecule has 0 saturated carbocycles. The van der Waals surface area contributed by atoms with Gasteiger partial charge in [-0.25, -0.2) is 4.98 Å². The predicted octanol–water partition coefficient (Wildman–Crippen LogP) is 1.47. The highest BCUT2D eigenvalue weighted by molar-refractivity contribution is 7.05. The first-order chi connectivity index (χ1) is 5.83. The highest BCUT2D eigenvalue weighted by atomic mass is 32.1. The SMILES string of the molecule is CCCNC(C)Cc1ncns1. The lowest BCUT2D eigenvalue weighted by Gasteiger charge is -2.10. The molecule has 0 aliphatic heterocycles. The van der Waals surface area contributed by atoms with Crippen LogP contribution in [0.1, 0.15) is 25.3 Å². The Morgan fingerprint density at radius 3 is 3.08 bits per heavy atom. The van der Waals surface area contributed by atoms with Gasteiger partial charge in [0.2, 0.25) is 0 Å². The van der Waals surface area contributed by atoms with Gasteiger partial charge in [-0.15, -0.1) is 0 Å². The van der Waals surface area contributed by atoms with Crippen molar-refractivity contribution in [3.63, 3.8) is 0 Å². The Hall–Kier alpha value is -0.480. The van der Waals surface area contributed by atoms with Crippen LogP contribution in [0.2, 0.25) is 0 Å². The Labute approximate surface area is 77.4 Å². The summed E-state index contributed by atoms with van der Waals surface area (Å²) in [6.45, 7) is 5.43. The van der Waals surface area contributed by atoms with Gasteiger partial charge in [-0.2, -0.15) is 4.37 Å². The van der Waals surface area contributed by atoms with E-state index >= 15 is 0 Å². The molecule has 68 valence electrons. The van der Waals surface area contributed by atoms with Crippen LogP contribution in [0, 0.1) is 0 Å². The number of aromatic nitrogens is 2. The van der Waals surface area contributed by atoms with Crippen molar-refractivity contribution in [2.45, 2.75) is 32.7 Å². The molecule has 4 heteroatoms. The van der Waals surface area contributed by atoms with Crippen molar-refractivity contribution in [2.24, 2.45) is 0 Å². The fraction of sp³-hybridized carbons (Fsp3) is 0.750. The fourth-order valence-corrected chi connectivity index (χ4v) is 1.65. The zero-order valence-corrected chi connectivity index (χ0v) is 8.40. The van der Waals surface area contributed by atoms with E-state index in [1.54, 1.807) is 6.33 Å². The number of nitrogens with zero attached hydrogens (tertiary/aromatic N) is 2. The molecular formula is C8H15N3S. The first-order valence-corrected chi connectivity index (χ1v) is 5.09. The van der Waals surface area contributed by atoms with Crippen molar-refractivity contribution in [1.82, 2.24) is 14.7 Å². The van der Waals surface area contributed by atoms with Crippen molar-refractivity contribution < 1.29 is 0 Å². The lowest BCUT2D eigenvalue weighted by atomic mass is 10.2. The molecule has 0 saturated heterocycles. The third-order valence-corrected chi connectivity index (χ3v) is 2.31. The maximum absolute atomic E-state index is 4.13. The third-order valence-electron chi connectivity index (χ3n) is 1.63. The van der Waals surface area contributed by atoms with Gasteiger partial charge in [-0.05, 0) is 31.4 Å². The lowest BCUT2D eigenvalue weighted by Crippen LogP contribution is -2.28. The largest absolute Gasteiger partial charge is 0.314 e. The summed E-state index contributed by atoms with van der Waals surface area (Å²) >= 11 is 1.48. The first kappa shape index (κ1) is 9.61. The third kappa shape index (κ3) is 3.28.